The minimum absolute atomic E-state index is 0.0468. The van der Waals surface area contributed by atoms with E-state index in [0.29, 0.717) is 16.3 Å². The van der Waals surface area contributed by atoms with Crippen molar-refractivity contribution in [3.63, 3.8) is 0 Å². The van der Waals surface area contributed by atoms with Crippen LogP contribution in [0.5, 0.6) is 0 Å². The molecule has 0 bridgehead atoms. The quantitative estimate of drug-likeness (QED) is 0.845. The third kappa shape index (κ3) is 3.15. The lowest BCUT2D eigenvalue weighted by Gasteiger charge is -2.19. The Hall–Kier alpha value is -1.46. The highest BCUT2D eigenvalue weighted by Gasteiger charge is 2.24. The molecule has 0 radical (unpaired) electrons. The number of hydrogen-bond donors (Lipinski definition) is 0. The Morgan fingerprint density at radius 1 is 1.27 bits per heavy atom. The SMILES string of the molecule is Cn1cc(C(=O)N2CCCSCC2)c(-c2ccccc2Cl)n1. The van der Waals surface area contributed by atoms with Gasteiger partial charge in [-0.1, -0.05) is 29.8 Å². The van der Waals surface area contributed by atoms with Crippen LogP contribution in [-0.2, 0) is 7.05 Å². The smallest absolute Gasteiger partial charge is 0.257 e. The third-order valence-corrected chi connectivity index (χ3v) is 5.08. The minimum Gasteiger partial charge on any atom is -0.338 e. The number of amides is 1. The maximum absolute atomic E-state index is 12.9. The number of carbonyl (C=O) groups excluding carboxylic acids is 1. The first kappa shape index (κ1) is 15.4. The monoisotopic (exact) mass is 335 g/mol. The summed E-state index contributed by atoms with van der Waals surface area (Å²) in [5.74, 6) is 2.16. The Kier molecular flexibility index (Phi) is 4.74. The summed E-state index contributed by atoms with van der Waals surface area (Å²) < 4.78 is 1.68. The fourth-order valence-corrected chi connectivity index (χ4v) is 3.73. The van der Waals surface area contributed by atoms with Gasteiger partial charge in [-0.25, -0.2) is 0 Å². The zero-order valence-electron chi connectivity index (χ0n) is 12.5. The van der Waals surface area contributed by atoms with Gasteiger partial charge in [0, 0.05) is 37.7 Å². The molecule has 1 aromatic heterocycles. The van der Waals surface area contributed by atoms with Gasteiger partial charge in [-0.05, 0) is 18.2 Å². The van der Waals surface area contributed by atoms with Crippen LogP contribution < -0.4 is 0 Å². The largest absolute Gasteiger partial charge is 0.338 e. The minimum atomic E-state index is 0.0468. The van der Waals surface area contributed by atoms with Crippen molar-refractivity contribution in [2.75, 3.05) is 24.6 Å². The molecular weight excluding hydrogens is 318 g/mol. The van der Waals surface area contributed by atoms with Crippen LogP contribution in [0.25, 0.3) is 11.3 Å². The van der Waals surface area contributed by atoms with E-state index in [2.05, 4.69) is 5.10 Å². The summed E-state index contributed by atoms with van der Waals surface area (Å²) in [6.45, 7) is 1.60. The number of aromatic nitrogens is 2. The maximum Gasteiger partial charge on any atom is 0.257 e. The Bertz CT molecular complexity index is 678. The molecule has 1 amide bonds. The topological polar surface area (TPSA) is 38.1 Å². The van der Waals surface area contributed by atoms with Crippen molar-refractivity contribution >= 4 is 29.3 Å². The standard InChI is InChI=1S/C16H18ClN3OS/c1-19-11-13(16(21)20-7-4-9-22-10-8-20)15(18-19)12-5-2-3-6-14(12)17/h2-3,5-6,11H,4,7-10H2,1H3. The van der Waals surface area contributed by atoms with Crippen LogP contribution in [0.4, 0.5) is 0 Å². The Morgan fingerprint density at radius 3 is 2.91 bits per heavy atom. The number of rotatable bonds is 2. The summed E-state index contributed by atoms with van der Waals surface area (Å²) in [5.41, 5.74) is 2.09. The average Bonchev–Trinajstić information content (AvgIpc) is 2.74. The van der Waals surface area contributed by atoms with E-state index in [1.165, 1.54) is 0 Å². The summed E-state index contributed by atoms with van der Waals surface area (Å²) in [5, 5.41) is 5.07. The van der Waals surface area contributed by atoms with Crippen LogP contribution in [0.3, 0.4) is 0 Å². The number of benzene rings is 1. The molecule has 0 atom stereocenters. The Balaban J connectivity index is 1.97. The fraction of sp³-hybridized carbons (Fsp3) is 0.375. The molecule has 22 heavy (non-hydrogen) atoms. The molecule has 1 fully saturated rings. The number of aryl methyl sites for hydroxylation is 1. The van der Waals surface area contributed by atoms with Gasteiger partial charge in [0.15, 0.2) is 0 Å². The number of nitrogens with zero attached hydrogens (tertiary/aromatic N) is 3. The van der Waals surface area contributed by atoms with Gasteiger partial charge in [-0.2, -0.15) is 16.9 Å². The van der Waals surface area contributed by atoms with Gasteiger partial charge in [0.1, 0.15) is 5.69 Å². The first-order valence-electron chi connectivity index (χ1n) is 7.32. The molecule has 1 aliphatic rings. The van der Waals surface area contributed by atoms with E-state index in [9.17, 15) is 4.79 Å². The van der Waals surface area contributed by atoms with Crippen molar-refractivity contribution < 1.29 is 4.79 Å². The van der Waals surface area contributed by atoms with Gasteiger partial charge < -0.3 is 4.90 Å². The number of carbonyl (C=O) groups is 1. The van der Waals surface area contributed by atoms with Crippen LogP contribution >= 0.6 is 23.4 Å². The van der Waals surface area contributed by atoms with E-state index < -0.39 is 0 Å². The second-order valence-electron chi connectivity index (χ2n) is 5.30. The van der Waals surface area contributed by atoms with Gasteiger partial charge in [-0.15, -0.1) is 0 Å². The van der Waals surface area contributed by atoms with E-state index in [1.54, 1.807) is 10.9 Å². The fourth-order valence-electron chi connectivity index (χ4n) is 2.62. The molecular formula is C16H18ClN3OS. The predicted octanol–water partition coefficient (Wildman–Crippen LogP) is 3.32. The molecule has 0 aliphatic carbocycles. The average molecular weight is 336 g/mol. The molecule has 0 N–H and O–H groups in total. The Labute approximate surface area is 139 Å². The number of hydrogen-bond acceptors (Lipinski definition) is 3. The van der Waals surface area contributed by atoms with Gasteiger partial charge in [0.25, 0.3) is 5.91 Å². The first-order chi connectivity index (χ1) is 10.7. The first-order valence-corrected chi connectivity index (χ1v) is 8.85. The van der Waals surface area contributed by atoms with Crippen LogP contribution in [-0.4, -0.2) is 45.2 Å². The van der Waals surface area contributed by atoms with Crippen LogP contribution in [0.15, 0.2) is 30.5 Å². The van der Waals surface area contributed by atoms with Crippen molar-refractivity contribution in [3.8, 4) is 11.3 Å². The van der Waals surface area contributed by atoms with Crippen molar-refractivity contribution in [1.82, 2.24) is 14.7 Å². The molecule has 0 saturated carbocycles. The van der Waals surface area contributed by atoms with Crippen LogP contribution in [0.1, 0.15) is 16.8 Å². The lowest BCUT2D eigenvalue weighted by Crippen LogP contribution is -2.33. The van der Waals surface area contributed by atoms with Gasteiger partial charge in [0.2, 0.25) is 0 Å². The predicted molar refractivity (Wildman–Crippen MR) is 91.5 cm³/mol. The van der Waals surface area contributed by atoms with E-state index in [4.69, 9.17) is 11.6 Å². The second-order valence-corrected chi connectivity index (χ2v) is 6.93. The molecule has 2 heterocycles. The summed E-state index contributed by atoms with van der Waals surface area (Å²) in [6.07, 6.45) is 2.83. The van der Waals surface area contributed by atoms with E-state index >= 15 is 0 Å². The number of halogens is 1. The van der Waals surface area contributed by atoms with Crippen molar-refractivity contribution in [2.24, 2.45) is 7.05 Å². The van der Waals surface area contributed by atoms with Gasteiger partial charge in [0.05, 0.1) is 10.6 Å². The van der Waals surface area contributed by atoms with E-state index in [0.717, 1.165) is 36.6 Å². The summed E-state index contributed by atoms with van der Waals surface area (Å²) in [4.78, 5) is 14.8. The van der Waals surface area contributed by atoms with Crippen molar-refractivity contribution in [3.05, 3.63) is 41.0 Å². The summed E-state index contributed by atoms with van der Waals surface area (Å²) in [6, 6.07) is 7.51. The van der Waals surface area contributed by atoms with Gasteiger partial charge >= 0.3 is 0 Å². The Morgan fingerprint density at radius 2 is 2.09 bits per heavy atom. The zero-order valence-corrected chi connectivity index (χ0v) is 14.0. The van der Waals surface area contributed by atoms with Crippen LogP contribution in [0, 0.1) is 0 Å². The lowest BCUT2D eigenvalue weighted by molar-refractivity contribution is 0.0769. The molecule has 116 valence electrons. The van der Waals surface area contributed by atoms with Crippen LogP contribution in [0.2, 0.25) is 5.02 Å². The molecule has 1 aliphatic heterocycles. The zero-order chi connectivity index (χ0) is 15.5. The molecule has 1 aromatic carbocycles. The highest BCUT2D eigenvalue weighted by atomic mass is 35.5. The third-order valence-electron chi connectivity index (χ3n) is 3.70. The molecule has 4 nitrogen and oxygen atoms in total. The molecule has 3 rings (SSSR count). The van der Waals surface area contributed by atoms with Gasteiger partial charge in [-0.3, -0.25) is 9.48 Å². The summed E-state index contributed by atoms with van der Waals surface area (Å²) in [7, 11) is 1.83. The maximum atomic E-state index is 12.9. The highest BCUT2D eigenvalue weighted by molar-refractivity contribution is 7.99. The second kappa shape index (κ2) is 6.75. The van der Waals surface area contributed by atoms with E-state index in [-0.39, 0.29) is 5.91 Å². The molecule has 0 unspecified atom stereocenters. The summed E-state index contributed by atoms with van der Waals surface area (Å²) >= 11 is 8.18. The molecule has 6 heteroatoms. The van der Waals surface area contributed by atoms with Crippen molar-refractivity contribution in [1.29, 1.82) is 0 Å². The highest BCUT2D eigenvalue weighted by Crippen LogP contribution is 2.30. The molecule has 0 spiro atoms. The molecule has 1 saturated heterocycles. The van der Waals surface area contributed by atoms with Crippen molar-refractivity contribution in [2.45, 2.75) is 6.42 Å². The molecule has 2 aromatic rings. The lowest BCUT2D eigenvalue weighted by atomic mass is 10.1. The van der Waals surface area contributed by atoms with E-state index in [1.807, 2.05) is 48.0 Å². The normalized spacial score (nSPS) is 15.6. The number of thioether (sulfide) groups is 1.